The van der Waals surface area contributed by atoms with Crippen molar-refractivity contribution in [3.63, 3.8) is 0 Å². The second-order valence-corrected chi connectivity index (χ2v) is 17.2. The first-order valence-electron chi connectivity index (χ1n) is 20.4. The summed E-state index contributed by atoms with van der Waals surface area (Å²) in [5.74, 6) is 2.42. The maximum absolute atomic E-state index is 6.65. The van der Waals surface area contributed by atoms with Gasteiger partial charge in [0.1, 0.15) is 5.82 Å². The van der Waals surface area contributed by atoms with E-state index in [0.29, 0.717) is 11.5 Å². The third kappa shape index (κ3) is 4.90. The number of para-hydroxylation sites is 2. The zero-order valence-corrected chi connectivity index (χ0v) is 35.4. The molecule has 0 radical (unpaired) electrons. The van der Waals surface area contributed by atoms with Crippen molar-refractivity contribution < 1.29 is 30.4 Å². The molecule has 0 saturated heterocycles. The van der Waals surface area contributed by atoms with E-state index in [2.05, 4.69) is 180 Å². The van der Waals surface area contributed by atoms with Crippen LogP contribution in [0.1, 0.15) is 71.6 Å². The average molecular weight is 952 g/mol. The molecule has 5 nitrogen and oxygen atoms in total. The molecule has 5 aliphatic rings. The Labute approximate surface area is 362 Å². The molecular weight excluding hydrogens is 916 g/mol. The van der Waals surface area contributed by atoms with E-state index in [4.69, 9.17) is 9.72 Å². The van der Waals surface area contributed by atoms with Crippen molar-refractivity contribution in [3.8, 4) is 39.8 Å². The van der Waals surface area contributed by atoms with Gasteiger partial charge in [-0.25, -0.2) is 4.98 Å². The number of aromatic nitrogens is 4. The van der Waals surface area contributed by atoms with Gasteiger partial charge in [-0.3, -0.25) is 4.57 Å². The van der Waals surface area contributed by atoms with Crippen molar-refractivity contribution in [2.75, 3.05) is 0 Å². The number of hydrogen-bond acceptors (Lipinski definition) is 2. The van der Waals surface area contributed by atoms with Gasteiger partial charge in [0.15, 0.2) is 0 Å². The van der Waals surface area contributed by atoms with Crippen LogP contribution in [0, 0.1) is 18.5 Å². The summed E-state index contributed by atoms with van der Waals surface area (Å²) >= 11 is 0. The van der Waals surface area contributed by atoms with Gasteiger partial charge in [0.25, 0.3) is 6.33 Å². The summed E-state index contributed by atoms with van der Waals surface area (Å²) in [5, 5.41) is 2.24. The van der Waals surface area contributed by atoms with Gasteiger partial charge in [0, 0.05) is 56.1 Å². The molecule has 2 atom stereocenters. The second kappa shape index (κ2) is 12.7. The number of hydrogen-bond donors (Lipinski definition) is 0. The minimum Gasteiger partial charge on any atom is -0.510 e. The van der Waals surface area contributed by atoms with Crippen LogP contribution in [0.5, 0.6) is 11.5 Å². The van der Waals surface area contributed by atoms with Gasteiger partial charge in [-0.2, -0.15) is 18.2 Å². The fraction of sp³-hybridized carbons (Fsp3) is 0.111. The zero-order chi connectivity index (χ0) is 39.1. The average Bonchev–Trinajstić information content (AvgIpc) is 3.82. The molecular formula is C54H36N4OPt-2. The quantitative estimate of drug-likeness (QED) is 0.130. The van der Waals surface area contributed by atoms with Crippen LogP contribution in [-0.2, 0) is 26.5 Å². The monoisotopic (exact) mass is 951 g/mol. The molecule has 0 saturated carbocycles. The van der Waals surface area contributed by atoms with Crippen LogP contribution in [0.3, 0.4) is 0 Å². The summed E-state index contributed by atoms with van der Waals surface area (Å²) in [6.07, 6.45) is 5.74. The van der Waals surface area contributed by atoms with E-state index in [1.54, 1.807) is 0 Å². The van der Waals surface area contributed by atoms with Gasteiger partial charge in [0.05, 0.1) is 16.7 Å². The molecule has 6 bridgehead atoms. The summed E-state index contributed by atoms with van der Waals surface area (Å²) in [6, 6.07) is 59.8. The minimum atomic E-state index is -0.0183. The molecule has 60 heavy (non-hydrogen) atoms. The van der Waals surface area contributed by atoms with Crippen LogP contribution in [0.4, 0.5) is 0 Å². The Balaban J connectivity index is 0.00000388. The Morgan fingerprint density at radius 2 is 1.38 bits per heavy atom. The predicted octanol–water partition coefficient (Wildman–Crippen LogP) is 11.9. The van der Waals surface area contributed by atoms with E-state index in [1.807, 2.05) is 24.4 Å². The predicted molar refractivity (Wildman–Crippen MR) is 232 cm³/mol. The molecule has 3 aromatic heterocycles. The maximum Gasteiger partial charge on any atom is 0.268 e. The van der Waals surface area contributed by atoms with Crippen molar-refractivity contribution in [1.29, 1.82) is 0 Å². The van der Waals surface area contributed by atoms with Gasteiger partial charge in [-0.05, 0) is 90.8 Å². The number of fused-ring (bicyclic) bond motifs is 4. The number of pyridine rings is 1. The van der Waals surface area contributed by atoms with Gasteiger partial charge < -0.3 is 13.9 Å². The number of imidazole rings is 1. The molecule has 0 amide bonds. The van der Waals surface area contributed by atoms with Crippen LogP contribution >= 0.6 is 0 Å². The van der Waals surface area contributed by atoms with E-state index in [9.17, 15) is 0 Å². The van der Waals surface area contributed by atoms with E-state index in [1.165, 1.54) is 55.8 Å². The molecule has 2 unspecified atom stereocenters. The van der Waals surface area contributed by atoms with Crippen molar-refractivity contribution in [2.45, 2.75) is 38.0 Å². The Hall–Kier alpha value is -6.55. The van der Waals surface area contributed by atoms with Gasteiger partial charge in [0.2, 0.25) is 0 Å². The molecule has 7 aromatic carbocycles. The summed E-state index contributed by atoms with van der Waals surface area (Å²) in [6.45, 7) is 6.69. The Kier molecular flexibility index (Phi) is 7.51. The molecule has 0 spiro atoms. The van der Waals surface area contributed by atoms with Crippen LogP contribution in [0.25, 0.3) is 61.2 Å². The van der Waals surface area contributed by atoms with Crippen molar-refractivity contribution in [3.05, 3.63) is 209 Å². The summed E-state index contributed by atoms with van der Waals surface area (Å²) in [4.78, 5) is 4.85. The Bertz CT molecular complexity index is 3440. The SMILES string of the molecule is CC(C)(C)c1ccnc(-n2c3[c-]c(Oc4[c-]c(-n5[c-][n+]6c7c(cccc75)-c5ccc7c(c5)C5c8ccccc8C7c7c5cccc7-6)ccc4)ccc3c3ccccc32)c1.[Pt]. The van der Waals surface area contributed by atoms with Gasteiger partial charge >= 0.3 is 0 Å². The standard InChI is InChI=1S/C54H36N4O.Pt/c1-54(2,3)33-25-26-55-49(28-33)58-45-18-7-6-13-38(45)39-24-22-36(30-48(39)58)59-35-12-8-11-34(29-35)56-31-57-46-19-10-17-43-50-40-14-4-5-15-41(40)51(52(43)46)42-23-21-32(27-44(42)50)37-16-9-20-47(56)53(37)57;/h4-28,50-51H,1-3H3;/q-2;. The first-order valence-corrected chi connectivity index (χ1v) is 20.4. The molecule has 10 aromatic rings. The van der Waals surface area contributed by atoms with Crippen LogP contribution < -0.4 is 9.30 Å². The summed E-state index contributed by atoms with van der Waals surface area (Å²) in [5.41, 5.74) is 18.2. The van der Waals surface area contributed by atoms with E-state index in [-0.39, 0.29) is 38.3 Å². The molecule has 15 rings (SSSR count). The van der Waals surface area contributed by atoms with Crippen molar-refractivity contribution in [2.24, 2.45) is 0 Å². The fourth-order valence-electron chi connectivity index (χ4n) is 10.3. The molecule has 5 heterocycles. The number of rotatable bonds is 4. The molecule has 6 heteroatoms. The summed E-state index contributed by atoms with van der Waals surface area (Å²) < 4.78 is 13.3. The maximum atomic E-state index is 6.65. The van der Waals surface area contributed by atoms with Gasteiger partial charge in [-0.1, -0.05) is 117 Å². The second-order valence-electron chi connectivity index (χ2n) is 17.2. The van der Waals surface area contributed by atoms with Crippen molar-refractivity contribution in [1.82, 2.24) is 14.1 Å². The number of benzene rings is 7. The minimum absolute atomic E-state index is 0. The van der Waals surface area contributed by atoms with Crippen LogP contribution in [0.2, 0.25) is 0 Å². The Morgan fingerprint density at radius 1 is 0.633 bits per heavy atom. The van der Waals surface area contributed by atoms with E-state index < -0.39 is 0 Å². The largest absolute Gasteiger partial charge is 0.510 e. The molecule has 2 aliphatic heterocycles. The van der Waals surface area contributed by atoms with Crippen molar-refractivity contribution >= 4 is 32.8 Å². The Morgan fingerprint density at radius 3 is 2.27 bits per heavy atom. The third-order valence-electron chi connectivity index (χ3n) is 12.9. The first-order chi connectivity index (χ1) is 28.9. The smallest absolute Gasteiger partial charge is 0.268 e. The molecule has 0 fully saturated rings. The fourth-order valence-corrected chi connectivity index (χ4v) is 10.3. The topological polar surface area (TPSA) is 35.9 Å². The van der Waals surface area contributed by atoms with E-state index in [0.717, 1.165) is 44.3 Å². The molecule has 0 N–H and O–H groups in total. The normalized spacial score (nSPS) is 15.4. The van der Waals surface area contributed by atoms with E-state index >= 15 is 0 Å². The molecule has 290 valence electrons. The van der Waals surface area contributed by atoms with Gasteiger partial charge in [-0.15, -0.1) is 29.7 Å². The van der Waals surface area contributed by atoms with Crippen LogP contribution in [-0.4, -0.2) is 14.1 Å². The summed E-state index contributed by atoms with van der Waals surface area (Å²) in [7, 11) is 0. The number of nitrogens with zero attached hydrogens (tertiary/aromatic N) is 4. The molecule has 3 aliphatic carbocycles. The third-order valence-corrected chi connectivity index (χ3v) is 12.9. The first kappa shape index (κ1) is 35.4. The zero-order valence-electron chi connectivity index (χ0n) is 33.1. The number of ether oxygens (including phenoxy) is 1. The van der Waals surface area contributed by atoms with Crippen LogP contribution in [0.15, 0.2) is 152 Å².